The van der Waals surface area contributed by atoms with E-state index in [1.54, 1.807) is 18.2 Å². The van der Waals surface area contributed by atoms with Crippen molar-refractivity contribution in [3.63, 3.8) is 0 Å². The number of carboxylic acids is 1. The average Bonchev–Trinajstić information content (AvgIpc) is 2.30. The fraction of sp³-hybridized carbons (Fsp3) is 0. The molecular weight excluding hydrogens is 220 g/mol. The summed E-state index contributed by atoms with van der Waals surface area (Å²) < 4.78 is 0. The Kier molecular flexibility index (Phi) is 2.97. The predicted molar refractivity (Wildman–Crippen MR) is 66.1 cm³/mol. The second kappa shape index (κ2) is 4.41. The van der Waals surface area contributed by atoms with Gasteiger partial charge in [0, 0.05) is 4.90 Å². The van der Waals surface area contributed by atoms with Crippen LogP contribution in [0.25, 0.3) is 11.1 Å². The van der Waals surface area contributed by atoms with Gasteiger partial charge in [0.05, 0.1) is 5.56 Å². The van der Waals surface area contributed by atoms with Crippen LogP contribution in [0.4, 0.5) is 0 Å². The van der Waals surface area contributed by atoms with Gasteiger partial charge in [-0.25, -0.2) is 4.79 Å². The summed E-state index contributed by atoms with van der Waals surface area (Å²) in [4.78, 5) is 11.6. The largest absolute Gasteiger partial charge is 0.478 e. The van der Waals surface area contributed by atoms with Gasteiger partial charge in [-0.2, -0.15) is 0 Å². The molecule has 0 atom stereocenters. The molecule has 80 valence electrons. The third-order valence-corrected chi connectivity index (χ3v) is 2.72. The van der Waals surface area contributed by atoms with E-state index in [2.05, 4.69) is 12.6 Å². The first kappa shape index (κ1) is 10.8. The highest BCUT2D eigenvalue weighted by atomic mass is 32.1. The number of rotatable bonds is 2. The molecule has 0 amide bonds. The highest BCUT2D eigenvalue weighted by molar-refractivity contribution is 7.80. The number of aromatic carboxylic acids is 1. The molecule has 0 unspecified atom stereocenters. The number of thiol groups is 1. The monoisotopic (exact) mass is 230 g/mol. The molecule has 0 heterocycles. The van der Waals surface area contributed by atoms with Crippen LogP contribution in [0.3, 0.4) is 0 Å². The van der Waals surface area contributed by atoms with Gasteiger partial charge >= 0.3 is 5.97 Å². The summed E-state index contributed by atoms with van der Waals surface area (Å²) in [6, 6.07) is 14.5. The van der Waals surface area contributed by atoms with Crippen molar-refractivity contribution < 1.29 is 9.90 Å². The smallest absolute Gasteiger partial charge is 0.335 e. The van der Waals surface area contributed by atoms with E-state index in [0.717, 1.165) is 16.0 Å². The summed E-state index contributed by atoms with van der Waals surface area (Å²) in [5.74, 6) is -0.925. The quantitative estimate of drug-likeness (QED) is 0.776. The van der Waals surface area contributed by atoms with Gasteiger partial charge in [-0.3, -0.25) is 0 Å². The Morgan fingerprint density at radius 1 is 1.06 bits per heavy atom. The first-order chi connectivity index (χ1) is 7.68. The van der Waals surface area contributed by atoms with Crippen LogP contribution in [0.1, 0.15) is 10.4 Å². The lowest BCUT2D eigenvalue weighted by molar-refractivity contribution is 0.0697. The van der Waals surface area contributed by atoms with Crippen LogP contribution in [0.5, 0.6) is 0 Å². The summed E-state index contributed by atoms with van der Waals surface area (Å²) in [6.07, 6.45) is 0. The van der Waals surface area contributed by atoms with E-state index in [1.165, 1.54) is 0 Å². The van der Waals surface area contributed by atoms with Gasteiger partial charge in [-0.15, -0.1) is 12.6 Å². The third-order valence-electron chi connectivity index (χ3n) is 2.33. The van der Waals surface area contributed by atoms with E-state index >= 15 is 0 Å². The molecule has 2 aromatic carbocycles. The molecule has 0 aliphatic carbocycles. The van der Waals surface area contributed by atoms with Gasteiger partial charge in [0.25, 0.3) is 0 Å². The van der Waals surface area contributed by atoms with Gasteiger partial charge in [0.15, 0.2) is 0 Å². The van der Waals surface area contributed by atoms with Crippen molar-refractivity contribution in [1.29, 1.82) is 0 Å². The van der Waals surface area contributed by atoms with Crippen LogP contribution < -0.4 is 0 Å². The first-order valence-corrected chi connectivity index (χ1v) is 5.25. The molecule has 0 fully saturated rings. The van der Waals surface area contributed by atoms with Crippen molar-refractivity contribution in [3.8, 4) is 11.1 Å². The maximum atomic E-state index is 10.9. The Hall–Kier alpha value is -1.74. The summed E-state index contributed by atoms with van der Waals surface area (Å²) in [5.41, 5.74) is 2.08. The van der Waals surface area contributed by atoms with E-state index in [9.17, 15) is 4.79 Å². The molecule has 0 aliphatic rings. The Morgan fingerprint density at radius 3 is 2.38 bits per heavy atom. The summed E-state index contributed by atoms with van der Waals surface area (Å²) in [7, 11) is 0. The molecule has 0 bridgehead atoms. The van der Waals surface area contributed by atoms with Gasteiger partial charge in [0.1, 0.15) is 0 Å². The van der Waals surface area contributed by atoms with Gasteiger partial charge in [-0.1, -0.05) is 30.3 Å². The molecule has 0 saturated carbocycles. The van der Waals surface area contributed by atoms with E-state index in [-0.39, 0.29) is 5.56 Å². The Bertz CT molecular complexity index is 521. The standard InChI is InChI=1S/C13H10O2S/c14-13(15)10-6-7-12(16)11(8-10)9-4-2-1-3-5-9/h1-8,16H,(H,14,15). The summed E-state index contributed by atoms with van der Waals surface area (Å²) in [6.45, 7) is 0. The zero-order chi connectivity index (χ0) is 11.5. The lowest BCUT2D eigenvalue weighted by Crippen LogP contribution is -1.96. The molecule has 0 aromatic heterocycles. The van der Waals surface area contributed by atoms with Crippen molar-refractivity contribution in [2.45, 2.75) is 4.90 Å². The molecule has 0 spiro atoms. The second-order valence-electron chi connectivity index (χ2n) is 3.40. The first-order valence-electron chi connectivity index (χ1n) is 4.80. The van der Waals surface area contributed by atoms with Crippen LogP contribution in [0.15, 0.2) is 53.4 Å². The van der Waals surface area contributed by atoms with Gasteiger partial charge < -0.3 is 5.11 Å². The van der Waals surface area contributed by atoms with Gasteiger partial charge in [-0.05, 0) is 29.3 Å². The topological polar surface area (TPSA) is 37.3 Å². The summed E-state index contributed by atoms with van der Waals surface area (Å²) >= 11 is 4.33. The number of hydrogen-bond acceptors (Lipinski definition) is 2. The molecule has 0 aliphatic heterocycles. The second-order valence-corrected chi connectivity index (χ2v) is 3.88. The fourth-order valence-electron chi connectivity index (χ4n) is 1.52. The van der Waals surface area contributed by atoms with Crippen LogP contribution in [0.2, 0.25) is 0 Å². The van der Waals surface area contributed by atoms with Crippen molar-refractivity contribution in [2.75, 3.05) is 0 Å². The average molecular weight is 230 g/mol. The van der Waals surface area contributed by atoms with Crippen LogP contribution >= 0.6 is 12.6 Å². The van der Waals surface area contributed by atoms with E-state index in [1.807, 2.05) is 30.3 Å². The fourth-order valence-corrected chi connectivity index (χ4v) is 1.79. The molecular formula is C13H10O2S. The van der Waals surface area contributed by atoms with E-state index in [4.69, 9.17) is 5.11 Å². The molecule has 1 N–H and O–H groups in total. The predicted octanol–water partition coefficient (Wildman–Crippen LogP) is 3.34. The highest BCUT2D eigenvalue weighted by Crippen LogP contribution is 2.27. The maximum Gasteiger partial charge on any atom is 0.335 e. The number of hydrogen-bond donors (Lipinski definition) is 2. The molecule has 2 rings (SSSR count). The van der Waals surface area contributed by atoms with Crippen molar-refractivity contribution in [1.82, 2.24) is 0 Å². The zero-order valence-corrected chi connectivity index (χ0v) is 9.32. The minimum atomic E-state index is -0.925. The maximum absolute atomic E-state index is 10.9. The zero-order valence-electron chi connectivity index (χ0n) is 8.42. The Balaban J connectivity index is 2.56. The summed E-state index contributed by atoms with van der Waals surface area (Å²) in [5, 5.41) is 8.92. The number of benzene rings is 2. The molecule has 0 saturated heterocycles. The lowest BCUT2D eigenvalue weighted by atomic mass is 10.0. The van der Waals surface area contributed by atoms with Crippen molar-refractivity contribution in [2.24, 2.45) is 0 Å². The highest BCUT2D eigenvalue weighted by Gasteiger charge is 2.07. The SMILES string of the molecule is O=C(O)c1ccc(S)c(-c2ccccc2)c1. The lowest BCUT2D eigenvalue weighted by Gasteiger charge is -2.06. The molecule has 2 aromatic rings. The Morgan fingerprint density at radius 2 is 1.75 bits per heavy atom. The third kappa shape index (κ3) is 2.09. The minimum Gasteiger partial charge on any atom is -0.478 e. The van der Waals surface area contributed by atoms with Gasteiger partial charge in [0.2, 0.25) is 0 Å². The molecule has 0 radical (unpaired) electrons. The minimum absolute atomic E-state index is 0.275. The van der Waals surface area contributed by atoms with Crippen LogP contribution in [0, 0.1) is 0 Å². The molecule has 2 nitrogen and oxygen atoms in total. The van der Waals surface area contributed by atoms with E-state index in [0.29, 0.717) is 0 Å². The molecule has 3 heteroatoms. The van der Waals surface area contributed by atoms with Crippen molar-refractivity contribution in [3.05, 3.63) is 54.1 Å². The normalized spacial score (nSPS) is 10.1. The number of carboxylic acid groups (broad SMARTS) is 1. The van der Waals surface area contributed by atoms with Crippen LogP contribution in [-0.4, -0.2) is 11.1 Å². The number of carbonyl (C=O) groups is 1. The Labute approximate surface area is 99.0 Å². The van der Waals surface area contributed by atoms with Crippen LogP contribution in [-0.2, 0) is 0 Å². The molecule has 16 heavy (non-hydrogen) atoms. The van der Waals surface area contributed by atoms with E-state index < -0.39 is 5.97 Å². The van der Waals surface area contributed by atoms with Crippen molar-refractivity contribution >= 4 is 18.6 Å².